The van der Waals surface area contributed by atoms with Crippen LogP contribution in [0.2, 0.25) is 0 Å². The maximum Gasteiger partial charge on any atom is 0.176 e. The minimum Gasteiger partial charge on any atom is -0.202 e. The molecule has 0 amide bonds. The van der Waals surface area contributed by atoms with Gasteiger partial charge in [0, 0.05) is 11.5 Å². The molecule has 0 saturated carbocycles. The summed E-state index contributed by atoms with van der Waals surface area (Å²) in [6.07, 6.45) is 4.33. The van der Waals surface area contributed by atoms with Crippen LogP contribution in [0.3, 0.4) is 0 Å². The fourth-order valence-corrected chi connectivity index (χ4v) is 1.47. The number of pyridine rings is 1. The van der Waals surface area contributed by atoms with E-state index in [4.69, 9.17) is 0 Å². The number of fused-ring (bicyclic) bond motifs is 1. The predicted molar refractivity (Wildman–Crippen MR) is 54.5 cm³/mol. The van der Waals surface area contributed by atoms with Crippen LogP contribution in [-0.4, -0.2) is 0 Å². The van der Waals surface area contributed by atoms with Crippen molar-refractivity contribution in [1.82, 2.24) is 0 Å². The summed E-state index contributed by atoms with van der Waals surface area (Å²) in [7, 11) is 0. The molecule has 0 aliphatic carbocycles. The molecule has 2 rings (SSSR count). The van der Waals surface area contributed by atoms with Crippen LogP contribution >= 0.6 is 0 Å². The summed E-state index contributed by atoms with van der Waals surface area (Å²) in [5, 5.41) is 2.61. The van der Waals surface area contributed by atoms with Crippen molar-refractivity contribution < 1.29 is 4.57 Å². The molecule has 1 nitrogen and oxygen atoms in total. The molecule has 1 aromatic heterocycles. The summed E-state index contributed by atoms with van der Waals surface area (Å²) in [5.41, 5.74) is 0. The van der Waals surface area contributed by atoms with Crippen LogP contribution in [0.15, 0.2) is 42.7 Å². The number of nitrogens with zero attached hydrogens (tertiary/aromatic N) is 1. The number of rotatable bonds is 1. The molecular weight excluding hydrogens is 158 g/mol. The van der Waals surface area contributed by atoms with E-state index in [2.05, 4.69) is 61.1 Å². The molecule has 0 atom stereocenters. The van der Waals surface area contributed by atoms with Gasteiger partial charge >= 0.3 is 0 Å². The van der Waals surface area contributed by atoms with Crippen molar-refractivity contribution in [3.63, 3.8) is 0 Å². The molecule has 0 unspecified atom stereocenters. The Hall–Kier alpha value is -1.37. The fourth-order valence-electron chi connectivity index (χ4n) is 1.47. The molecule has 0 fully saturated rings. The Labute approximate surface area is 78.6 Å². The third-order valence-corrected chi connectivity index (χ3v) is 2.31. The fraction of sp³-hybridized carbons (Fsp3) is 0.250. The lowest BCUT2D eigenvalue weighted by molar-refractivity contribution is -0.715. The van der Waals surface area contributed by atoms with Gasteiger partial charge in [0.15, 0.2) is 18.4 Å². The second-order valence-corrected chi connectivity index (χ2v) is 3.61. The standard InChI is InChI=1S/C12H14N/c1-10(2)13-8-7-11-5-3-4-6-12(11)9-13/h3-10H,1-2H3/q+1. The zero-order valence-electron chi connectivity index (χ0n) is 8.07. The quantitative estimate of drug-likeness (QED) is 0.582. The van der Waals surface area contributed by atoms with Crippen LogP contribution < -0.4 is 4.57 Å². The number of benzene rings is 1. The molecule has 1 heteroatoms. The topological polar surface area (TPSA) is 3.88 Å². The highest BCUT2D eigenvalue weighted by Gasteiger charge is 2.05. The van der Waals surface area contributed by atoms with Crippen molar-refractivity contribution in [1.29, 1.82) is 0 Å². The van der Waals surface area contributed by atoms with Gasteiger partial charge in [0.1, 0.15) is 0 Å². The van der Waals surface area contributed by atoms with Gasteiger partial charge in [0.05, 0.1) is 0 Å². The van der Waals surface area contributed by atoms with Crippen LogP contribution in [0, 0.1) is 0 Å². The Morgan fingerprint density at radius 1 is 1.00 bits per heavy atom. The Balaban J connectivity index is 2.62. The highest BCUT2D eigenvalue weighted by Crippen LogP contribution is 2.10. The smallest absolute Gasteiger partial charge is 0.176 e. The van der Waals surface area contributed by atoms with E-state index in [-0.39, 0.29) is 0 Å². The highest BCUT2D eigenvalue weighted by atomic mass is 15.0. The Bertz CT molecular complexity index is 418. The van der Waals surface area contributed by atoms with Gasteiger partial charge < -0.3 is 0 Å². The third kappa shape index (κ3) is 1.55. The minimum absolute atomic E-state index is 0.532. The summed E-state index contributed by atoms with van der Waals surface area (Å²) >= 11 is 0. The Kier molecular flexibility index (Phi) is 2.01. The first-order valence-corrected chi connectivity index (χ1v) is 4.67. The van der Waals surface area contributed by atoms with E-state index in [9.17, 15) is 0 Å². The van der Waals surface area contributed by atoms with E-state index >= 15 is 0 Å². The highest BCUT2D eigenvalue weighted by molar-refractivity contribution is 5.80. The van der Waals surface area contributed by atoms with Gasteiger partial charge in [-0.2, -0.15) is 0 Å². The zero-order chi connectivity index (χ0) is 9.26. The third-order valence-electron chi connectivity index (χ3n) is 2.31. The van der Waals surface area contributed by atoms with Crippen LogP contribution in [0.1, 0.15) is 19.9 Å². The van der Waals surface area contributed by atoms with E-state index in [1.807, 2.05) is 0 Å². The SMILES string of the molecule is CC(C)[n+]1ccc2ccccc2c1. The Morgan fingerprint density at radius 3 is 2.38 bits per heavy atom. The second kappa shape index (κ2) is 3.17. The molecule has 13 heavy (non-hydrogen) atoms. The van der Waals surface area contributed by atoms with E-state index in [0.717, 1.165) is 0 Å². The van der Waals surface area contributed by atoms with Crippen LogP contribution in [-0.2, 0) is 0 Å². The van der Waals surface area contributed by atoms with Gasteiger partial charge in [-0.1, -0.05) is 18.2 Å². The van der Waals surface area contributed by atoms with Crippen LogP contribution in [0.25, 0.3) is 10.8 Å². The molecule has 0 saturated heterocycles. The van der Waals surface area contributed by atoms with Crippen molar-refractivity contribution in [2.75, 3.05) is 0 Å². The average molecular weight is 172 g/mol. The van der Waals surface area contributed by atoms with E-state index < -0.39 is 0 Å². The molecule has 2 aromatic rings. The summed E-state index contributed by atoms with van der Waals surface area (Å²) in [6.45, 7) is 4.38. The van der Waals surface area contributed by atoms with Gasteiger partial charge in [0.2, 0.25) is 0 Å². The molecule has 0 radical (unpaired) electrons. The molecule has 1 heterocycles. The average Bonchev–Trinajstić information content (AvgIpc) is 2.17. The van der Waals surface area contributed by atoms with Gasteiger partial charge in [-0.15, -0.1) is 0 Å². The van der Waals surface area contributed by atoms with Crippen molar-refractivity contribution in [3.05, 3.63) is 42.7 Å². The maximum absolute atomic E-state index is 2.22. The molecule has 0 aliphatic heterocycles. The molecule has 0 N–H and O–H groups in total. The number of hydrogen-bond donors (Lipinski definition) is 0. The first kappa shape index (κ1) is 8.24. The van der Waals surface area contributed by atoms with Gasteiger partial charge in [-0.3, -0.25) is 0 Å². The lowest BCUT2D eigenvalue weighted by Gasteiger charge is -2.00. The number of hydrogen-bond acceptors (Lipinski definition) is 0. The van der Waals surface area contributed by atoms with E-state index in [0.29, 0.717) is 6.04 Å². The largest absolute Gasteiger partial charge is 0.202 e. The lowest BCUT2D eigenvalue weighted by Crippen LogP contribution is -2.34. The number of aromatic nitrogens is 1. The van der Waals surface area contributed by atoms with Crippen molar-refractivity contribution in [2.45, 2.75) is 19.9 Å². The minimum atomic E-state index is 0.532. The monoisotopic (exact) mass is 172 g/mol. The lowest BCUT2D eigenvalue weighted by atomic mass is 10.2. The Morgan fingerprint density at radius 2 is 1.69 bits per heavy atom. The molecular formula is C12H14N+. The first-order valence-electron chi connectivity index (χ1n) is 4.67. The van der Waals surface area contributed by atoms with Crippen molar-refractivity contribution >= 4 is 10.8 Å². The summed E-state index contributed by atoms with van der Waals surface area (Å²) in [4.78, 5) is 0. The predicted octanol–water partition coefficient (Wildman–Crippen LogP) is 2.71. The first-order chi connectivity index (χ1) is 6.27. The molecule has 0 aliphatic rings. The normalized spacial score (nSPS) is 11.0. The second-order valence-electron chi connectivity index (χ2n) is 3.61. The summed E-state index contributed by atoms with van der Waals surface area (Å²) in [6, 6.07) is 11.1. The van der Waals surface area contributed by atoms with Crippen LogP contribution in [0.5, 0.6) is 0 Å². The molecule has 0 bridgehead atoms. The van der Waals surface area contributed by atoms with Crippen molar-refractivity contribution in [3.8, 4) is 0 Å². The van der Waals surface area contributed by atoms with Crippen LogP contribution in [0.4, 0.5) is 0 Å². The van der Waals surface area contributed by atoms with Gasteiger partial charge in [-0.25, -0.2) is 4.57 Å². The molecule has 1 aromatic carbocycles. The zero-order valence-corrected chi connectivity index (χ0v) is 8.07. The molecule has 66 valence electrons. The van der Waals surface area contributed by atoms with Gasteiger partial charge in [-0.05, 0) is 25.3 Å². The van der Waals surface area contributed by atoms with Gasteiger partial charge in [0.25, 0.3) is 0 Å². The summed E-state index contributed by atoms with van der Waals surface area (Å²) < 4.78 is 2.22. The summed E-state index contributed by atoms with van der Waals surface area (Å²) in [5.74, 6) is 0. The van der Waals surface area contributed by atoms with E-state index in [1.165, 1.54) is 10.8 Å². The maximum atomic E-state index is 2.22. The molecule has 0 spiro atoms. The van der Waals surface area contributed by atoms with E-state index in [1.54, 1.807) is 0 Å². The van der Waals surface area contributed by atoms with Crippen molar-refractivity contribution in [2.24, 2.45) is 0 Å².